The van der Waals surface area contributed by atoms with Crippen LogP contribution in [0.15, 0.2) is 36.4 Å². The van der Waals surface area contributed by atoms with E-state index in [2.05, 4.69) is 5.32 Å². The first kappa shape index (κ1) is 21.8. The number of amides is 3. The number of carbonyl (C=O) groups excluding carboxylic acids is 3. The molecule has 1 aliphatic rings. The highest BCUT2D eigenvalue weighted by molar-refractivity contribution is 6.31. The summed E-state index contributed by atoms with van der Waals surface area (Å²) >= 11 is 5.86. The van der Waals surface area contributed by atoms with Gasteiger partial charge in [0, 0.05) is 36.8 Å². The summed E-state index contributed by atoms with van der Waals surface area (Å²) in [5, 5.41) is 2.93. The Kier molecular flexibility index (Phi) is 6.72. The van der Waals surface area contributed by atoms with Crippen LogP contribution in [0.25, 0.3) is 0 Å². The number of halogens is 2. The number of carbonyl (C=O) groups is 3. The Balaban J connectivity index is 1.51. The maximum Gasteiger partial charge on any atom is 0.257 e. The van der Waals surface area contributed by atoms with Gasteiger partial charge in [-0.25, -0.2) is 4.39 Å². The van der Waals surface area contributed by atoms with Crippen LogP contribution in [0.2, 0.25) is 5.02 Å². The molecule has 6 nitrogen and oxygen atoms in total. The maximum absolute atomic E-state index is 13.9. The first-order valence-corrected chi connectivity index (χ1v) is 10.0. The van der Waals surface area contributed by atoms with Crippen molar-refractivity contribution >= 4 is 29.3 Å². The van der Waals surface area contributed by atoms with Gasteiger partial charge in [-0.3, -0.25) is 14.4 Å². The van der Waals surface area contributed by atoms with E-state index in [1.807, 2.05) is 19.9 Å². The number of nitrogens with zero attached hydrogens (tertiary/aromatic N) is 2. The third kappa shape index (κ3) is 4.97. The molecular formula is C22H23ClFN3O3. The molecule has 0 saturated carbocycles. The van der Waals surface area contributed by atoms with Crippen molar-refractivity contribution in [3.63, 3.8) is 0 Å². The Labute approximate surface area is 179 Å². The molecule has 0 radical (unpaired) electrons. The fraction of sp³-hybridized carbons (Fsp3) is 0.318. The van der Waals surface area contributed by atoms with Crippen LogP contribution in [0.5, 0.6) is 0 Å². The lowest BCUT2D eigenvalue weighted by molar-refractivity contribution is -0.131. The van der Waals surface area contributed by atoms with Gasteiger partial charge in [0.25, 0.3) is 11.8 Å². The highest BCUT2D eigenvalue weighted by atomic mass is 35.5. The maximum atomic E-state index is 13.9. The average Bonchev–Trinajstić information content (AvgIpc) is 2.75. The molecule has 0 aromatic heterocycles. The Bertz CT molecular complexity index is 988. The molecule has 1 fully saturated rings. The van der Waals surface area contributed by atoms with Crippen LogP contribution in [0.1, 0.15) is 31.8 Å². The fourth-order valence-corrected chi connectivity index (χ4v) is 3.42. The Morgan fingerprint density at radius 3 is 2.30 bits per heavy atom. The molecular weight excluding hydrogens is 409 g/mol. The zero-order valence-electron chi connectivity index (χ0n) is 16.9. The summed E-state index contributed by atoms with van der Waals surface area (Å²) in [6.45, 7) is 4.95. The summed E-state index contributed by atoms with van der Waals surface area (Å²) in [7, 11) is 0. The zero-order chi connectivity index (χ0) is 21.8. The molecule has 30 heavy (non-hydrogen) atoms. The molecule has 0 bridgehead atoms. The lowest BCUT2D eigenvalue weighted by atomic mass is 10.1. The highest BCUT2D eigenvalue weighted by Crippen LogP contribution is 2.18. The van der Waals surface area contributed by atoms with Crippen LogP contribution >= 0.6 is 11.6 Å². The molecule has 1 N–H and O–H groups in total. The van der Waals surface area contributed by atoms with E-state index in [0.717, 1.165) is 17.2 Å². The monoisotopic (exact) mass is 431 g/mol. The van der Waals surface area contributed by atoms with E-state index in [-0.39, 0.29) is 42.0 Å². The fourth-order valence-electron chi connectivity index (χ4n) is 3.24. The third-order valence-corrected chi connectivity index (χ3v) is 5.48. The predicted octanol–water partition coefficient (Wildman–Crippen LogP) is 2.81. The number of aryl methyl sites for hydroxylation is 2. The van der Waals surface area contributed by atoms with Gasteiger partial charge in [0.1, 0.15) is 5.82 Å². The summed E-state index contributed by atoms with van der Waals surface area (Å²) in [4.78, 5) is 40.3. The Morgan fingerprint density at radius 1 is 0.967 bits per heavy atom. The van der Waals surface area contributed by atoms with E-state index in [1.54, 1.807) is 17.0 Å². The molecule has 0 atom stereocenters. The average molecular weight is 432 g/mol. The molecule has 8 heteroatoms. The summed E-state index contributed by atoms with van der Waals surface area (Å²) in [5.41, 5.74) is 2.52. The Morgan fingerprint density at radius 2 is 1.63 bits per heavy atom. The van der Waals surface area contributed by atoms with Gasteiger partial charge in [-0.15, -0.1) is 0 Å². The topological polar surface area (TPSA) is 69.7 Å². The van der Waals surface area contributed by atoms with Gasteiger partial charge in [-0.2, -0.15) is 0 Å². The number of benzene rings is 2. The first-order valence-electron chi connectivity index (χ1n) is 9.64. The van der Waals surface area contributed by atoms with E-state index in [9.17, 15) is 18.8 Å². The minimum Gasteiger partial charge on any atom is -0.343 e. The van der Waals surface area contributed by atoms with Crippen molar-refractivity contribution in [1.82, 2.24) is 15.1 Å². The van der Waals surface area contributed by atoms with E-state index < -0.39 is 11.7 Å². The molecule has 2 aromatic carbocycles. The third-order valence-electron chi connectivity index (χ3n) is 5.25. The lowest BCUT2D eigenvalue weighted by Gasteiger charge is -2.35. The second-order valence-electron chi connectivity index (χ2n) is 7.28. The lowest BCUT2D eigenvalue weighted by Crippen LogP contribution is -2.52. The number of hydrogen-bond donors (Lipinski definition) is 1. The first-order chi connectivity index (χ1) is 14.3. The summed E-state index contributed by atoms with van der Waals surface area (Å²) in [5.74, 6) is -1.62. The normalized spacial score (nSPS) is 13.9. The van der Waals surface area contributed by atoms with Crippen LogP contribution in [0.3, 0.4) is 0 Å². The van der Waals surface area contributed by atoms with Gasteiger partial charge < -0.3 is 15.1 Å². The van der Waals surface area contributed by atoms with Gasteiger partial charge in [-0.1, -0.05) is 17.7 Å². The quantitative estimate of drug-likeness (QED) is 0.809. The van der Waals surface area contributed by atoms with Crippen LogP contribution < -0.4 is 5.32 Å². The van der Waals surface area contributed by atoms with Crippen LogP contribution in [0, 0.1) is 19.7 Å². The minimum absolute atomic E-state index is 0.0806. The molecule has 2 aromatic rings. The van der Waals surface area contributed by atoms with E-state index >= 15 is 0 Å². The second kappa shape index (κ2) is 9.26. The smallest absolute Gasteiger partial charge is 0.257 e. The van der Waals surface area contributed by atoms with Gasteiger partial charge in [0.15, 0.2) is 0 Å². The van der Waals surface area contributed by atoms with E-state index in [1.165, 1.54) is 17.0 Å². The largest absolute Gasteiger partial charge is 0.343 e. The number of nitrogens with one attached hydrogen (secondary N) is 1. The van der Waals surface area contributed by atoms with Crippen LogP contribution in [0.4, 0.5) is 4.39 Å². The molecule has 3 amide bonds. The molecule has 0 aliphatic carbocycles. The standard InChI is InChI=1S/C22H23ClFN3O3/c1-14-3-4-16(11-15(14)2)21(29)25-13-20(28)26-7-9-27(10-8-26)22(30)18-12-17(23)5-6-19(18)24/h3-6,11-12H,7-10,13H2,1-2H3,(H,25,29). The summed E-state index contributed by atoms with van der Waals surface area (Å²) in [6.07, 6.45) is 0. The van der Waals surface area contributed by atoms with Crippen molar-refractivity contribution in [1.29, 1.82) is 0 Å². The summed E-state index contributed by atoms with van der Waals surface area (Å²) < 4.78 is 13.9. The van der Waals surface area contributed by atoms with Gasteiger partial charge >= 0.3 is 0 Å². The summed E-state index contributed by atoms with van der Waals surface area (Å²) in [6, 6.07) is 9.23. The molecule has 1 aliphatic heterocycles. The molecule has 1 saturated heterocycles. The van der Waals surface area contributed by atoms with Crippen molar-refractivity contribution < 1.29 is 18.8 Å². The van der Waals surface area contributed by atoms with Crippen LogP contribution in [-0.4, -0.2) is 60.2 Å². The van der Waals surface area contributed by atoms with Crippen molar-refractivity contribution in [3.05, 3.63) is 69.5 Å². The highest BCUT2D eigenvalue weighted by Gasteiger charge is 2.26. The second-order valence-corrected chi connectivity index (χ2v) is 7.72. The molecule has 1 heterocycles. The van der Waals surface area contributed by atoms with E-state index in [4.69, 9.17) is 11.6 Å². The van der Waals surface area contributed by atoms with Crippen molar-refractivity contribution in [2.24, 2.45) is 0 Å². The van der Waals surface area contributed by atoms with Crippen molar-refractivity contribution in [2.75, 3.05) is 32.7 Å². The molecule has 0 unspecified atom stereocenters. The predicted molar refractivity (Wildman–Crippen MR) is 112 cm³/mol. The van der Waals surface area contributed by atoms with Crippen molar-refractivity contribution in [3.8, 4) is 0 Å². The minimum atomic E-state index is -0.628. The van der Waals surface area contributed by atoms with Crippen LogP contribution in [-0.2, 0) is 4.79 Å². The number of hydrogen-bond acceptors (Lipinski definition) is 3. The van der Waals surface area contributed by atoms with Crippen molar-refractivity contribution in [2.45, 2.75) is 13.8 Å². The van der Waals surface area contributed by atoms with Gasteiger partial charge in [0.2, 0.25) is 5.91 Å². The van der Waals surface area contributed by atoms with Gasteiger partial charge in [0.05, 0.1) is 12.1 Å². The Hall–Kier alpha value is -2.93. The molecule has 0 spiro atoms. The van der Waals surface area contributed by atoms with Gasteiger partial charge in [-0.05, 0) is 55.3 Å². The zero-order valence-corrected chi connectivity index (χ0v) is 17.6. The number of piperazine rings is 1. The SMILES string of the molecule is Cc1ccc(C(=O)NCC(=O)N2CCN(C(=O)c3cc(Cl)ccc3F)CC2)cc1C. The molecule has 3 rings (SSSR count). The number of rotatable bonds is 4. The van der Waals surface area contributed by atoms with E-state index in [0.29, 0.717) is 18.7 Å². The molecule has 158 valence electrons.